The van der Waals surface area contributed by atoms with Crippen molar-refractivity contribution in [3.63, 3.8) is 0 Å². The van der Waals surface area contributed by atoms with E-state index in [1.54, 1.807) is 12.1 Å². The van der Waals surface area contributed by atoms with Gasteiger partial charge in [-0.25, -0.2) is 0 Å². The van der Waals surface area contributed by atoms with Crippen molar-refractivity contribution in [3.05, 3.63) is 24.3 Å². The van der Waals surface area contributed by atoms with Gasteiger partial charge in [0.2, 0.25) is 0 Å². The normalized spacial score (nSPS) is 36.8. The lowest BCUT2D eigenvalue weighted by Gasteiger charge is -2.61. The van der Waals surface area contributed by atoms with Gasteiger partial charge >= 0.3 is 0 Å². The predicted octanol–water partition coefficient (Wildman–Crippen LogP) is 3.84. The second-order valence-electron chi connectivity index (χ2n) is 6.61. The molecular formula is C16H22O2. The van der Waals surface area contributed by atoms with E-state index >= 15 is 0 Å². The fourth-order valence-electron chi connectivity index (χ4n) is 3.96. The van der Waals surface area contributed by atoms with Crippen LogP contribution >= 0.6 is 0 Å². The Bertz CT molecular complexity index is 435. The van der Waals surface area contributed by atoms with Gasteiger partial charge in [-0.1, -0.05) is 20.8 Å². The lowest BCUT2D eigenvalue weighted by Crippen LogP contribution is -2.57. The Kier molecular flexibility index (Phi) is 2.58. The predicted molar refractivity (Wildman–Crippen MR) is 71.7 cm³/mol. The van der Waals surface area contributed by atoms with E-state index in [2.05, 4.69) is 20.8 Å². The van der Waals surface area contributed by atoms with Gasteiger partial charge < -0.3 is 9.84 Å². The van der Waals surface area contributed by atoms with Crippen LogP contribution in [0.5, 0.6) is 11.5 Å². The highest BCUT2D eigenvalue weighted by molar-refractivity contribution is 5.30. The minimum absolute atomic E-state index is 0.294. The van der Waals surface area contributed by atoms with E-state index in [4.69, 9.17) is 4.74 Å². The number of hydrogen-bond acceptors (Lipinski definition) is 2. The van der Waals surface area contributed by atoms with Crippen molar-refractivity contribution < 1.29 is 9.84 Å². The van der Waals surface area contributed by atoms with E-state index in [-0.39, 0.29) is 0 Å². The third kappa shape index (κ3) is 1.70. The number of fused-ring (bicyclic) bond motifs is 2. The number of hydrogen-bond donors (Lipinski definition) is 1. The zero-order chi connectivity index (χ0) is 12.9. The molecule has 3 fully saturated rings. The topological polar surface area (TPSA) is 29.5 Å². The lowest BCUT2D eigenvalue weighted by molar-refractivity contribution is -0.147. The molecule has 2 heteroatoms. The van der Waals surface area contributed by atoms with Crippen LogP contribution in [0.1, 0.15) is 33.6 Å². The third-order valence-corrected chi connectivity index (χ3v) is 5.41. The Morgan fingerprint density at radius 1 is 1.17 bits per heavy atom. The van der Waals surface area contributed by atoms with E-state index in [1.807, 2.05) is 12.1 Å². The summed E-state index contributed by atoms with van der Waals surface area (Å²) in [4.78, 5) is 0. The molecule has 3 saturated carbocycles. The minimum Gasteiger partial charge on any atom is -0.508 e. The van der Waals surface area contributed by atoms with Crippen LogP contribution in [0.15, 0.2) is 24.3 Å². The molecule has 0 aliphatic heterocycles. The Labute approximate surface area is 109 Å². The number of phenols is 1. The van der Waals surface area contributed by atoms with E-state index in [0.29, 0.717) is 23.2 Å². The minimum atomic E-state index is 0.294. The third-order valence-electron chi connectivity index (χ3n) is 5.41. The van der Waals surface area contributed by atoms with Gasteiger partial charge in [-0.3, -0.25) is 0 Å². The molecule has 2 bridgehead atoms. The summed E-state index contributed by atoms with van der Waals surface area (Å²) in [5.74, 6) is 3.42. The van der Waals surface area contributed by atoms with Gasteiger partial charge in [0.15, 0.2) is 0 Å². The second-order valence-corrected chi connectivity index (χ2v) is 6.61. The summed E-state index contributed by atoms with van der Waals surface area (Å²) >= 11 is 0. The largest absolute Gasteiger partial charge is 0.508 e. The van der Waals surface area contributed by atoms with Gasteiger partial charge in [0, 0.05) is 0 Å². The van der Waals surface area contributed by atoms with Gasteiger partial charge in [0.25, 0.3) is 0 Å². The first-order valence-electron chi connectivity index (χ1n) is 6.94. The molecule has 0 saturated heterocycles. The first-order valence-corrected chi connectivity index (χ1v) is 6.94. The van der Waals surface area contributed by atoms with Crippen molar-refractivity contribution in [2.24, 2.45) is 23.2 Å². The summed E-state index contributed by atoms with van der Waals surface area (Å²) in [6, 6.07) is 7.09. The van der Waals surface area contributed by atoms with Crippen LogP contribution in [0.2, 0.25) is 0 Å². The number of benzene rings is 1. The van der Waals surface area contributed by atoms with Crippen LogP contribution in [0.4, 0.5) is 0 Å². The van der Waals surface area contributed by atoms with E-state index in [0.717, 1.165) is 17.6 Å². The van der Waals surface area contributed by atoms with Crippen molar-refractivity contribution in [2.45, 2.75) is 39.7 Å². The molecule has 0 heterocycles. The maximum absolute atomic E-state index is 9.28. The molecule has 1 aromatic carbocycles. The van der Waals surface area contributed by atoms with E-state index in [9.17, 15) is 5.11 Å². The molecular weight excluding hydrogens is 224 g/mol. The van der Waals surface area contributed by atoms with Gasteiger partial charge in [-0.15, -0.1) is 0 Å². The maximum atomic E-state index is 9.28. The molecule has 1 aromatic rings. The van der Waals surface area contributed by atoms with E-state index < -0.39 is 0 Å². The van der Waals surface area contributed by atoms with Crippen LogP contribution in [-0.2, 0) is 0 Å². The molecule has 3 aliphatic rings. The fourth-order valence-corrected chi connectivity index (χ4v) is 3.96. The molecule has 2 nitrogen and oxygen atoms in total. The average molecular weight is 246 g/mol. The summed E-state index contributed by atoms with van der Waals surface area (Å²) in [6.45, 7) is 7.13. The molecule has 0 amide bonds. The van der Waals surface area contributed by atoms with Crippen LogP contribution in [-0.4, -0.2) is 11.2 Å². The molecule has 1 N–H and O–H groups in total. The van der Waals surface area contributed by atoms with Crippen molar-refractivity contribution in [2.75, 3.05) is 0 Å². The molecule has 0 aromatic heterocycles. The molecule has 3 aliphatic carbocycles. The standard InChI is InChI=1S/C16H22O2/c1-10-14-8-11(16(14,2)3)9-15(10)18-13-6-4-12(17)5-7-13/h4-7,10-11,14-15,17H,8-9H2,1-3H3/t10-,11+,14-,15-/m1/s1. The van der Waals surface area contributed by atoms with Crippen LogP contribution in [0.3, 0.4) is 0 Å². The SMILES string of the molecule is C[C@@H]1[C@H]2C[C@@H](C[C@H]1Oc1ccc(O)cc1)C2(C)C. The Morgan fingerprint density at radius 3 is 2.39 bits per heavy atom. The van der Waals surface area contributed by atoms with Crippen molar-refractivity contribution in [1.82, 2.24) is 0 Å². The molecule has 98 valence electrons. The summed E-state index contributed by atoms with van der Waals surface area (Å²) in [6.07, 6.45) is 2.89. The number of ether oxygens (including phenoxy) is 1. The second kappa shape index (κ2) is 3.91. The summed E-state index contributed by atoms with van der Waals surface area (Å²) in [5.41, 5.74) is 0.508. The Hall–Kier alpha value is -1.18. The van der Waals surface area contributed by atoms with Gasteiger partial charge in [0.1, 0.15) is 17.6 Å². The Balaban J connectivity index is 1.70. The maximum Gasteiger partial charge on any atom is 0.120 e. The average Bonchev–Trinajstić information content (AvgIpc) is 2.33. The summed E-state index contributed by atoms with van der Waals surface area (Å²) < 4.78 is 6.11. The van der Waals surface area contributed by atoms with Crippen molar-refractivity contribution in [1.29, 1.82) is 0 Å². The number of aromatic hydroxyl groups is 1. The highest BCUT2D eigenvalue weighted by Gasteiger charge is 2.56. The molecule has 4 atom stereocenters. The van der Waals surface area contributed by atoms with Gasteiger partial charge in [0.05, 0.1) is 0 Å². The monoisotopic (exact) mass is 246 g/mol. The van der Waals surface area contributed by atoms with Crippen molar-refractivity contribution in [3.8, 4) is 11.5 Å². The van der Waals surface area contributed by atoms with Crippen LogP contribution in [0.25, 0.3) is 0 Å². The lowest BCUT2D eigenvalue weighted by atomic mass is 9.45. The smallest absolute Gasteiger partial charge is 0.120 e. The summed E-state index contributed by atoms with van der Waals surface area (Å²) in [7, 11) is 0. The van der Waals surface area contributed by atoms with E-state index in [1.165, 1.54) is 12.8 Å². The van der Waals surface area contributed by atoms with Gasteiger partial charge in [-0.2, -0.15) is 0 Å². The van der Waals surface area contributed by atoms with Gasteiger partial charge in [-0.05, 0) is 60.3 Å². The highest BCUT2D eigenvalue weighted by Crippen LogP contribution is 2.61. The molecule has 0 unspecified atom stereocenters. The van der Waals surface area contributed by atoms with Crippen molar-refractivity contribution >= 4 is 0 Å². The van der Waals surface area contributed by atoms with Crippen LogP contribution in [0, 0.1) is 23.2 Å². The molecule has 0 spiro atoms. The first kappa shape index (κ1) is 11.9. The quantitative estimate of drug-likeness (QED) is 0.859. The first-order chi connectivity index (χ1) is 8.48. The summed E-state index contributed by atoms with van der Waals surface area (Å²) in [5, 5.41) is 9.28. The molecule has 0 radical (unpaired) electrons. The molecule has 4 rings (SSSR count). The highest BCUT2D eigenvalue weighted by atomic mass is 16.5. The molecule has 18 heavy (non-hydrogen) atoms. The zero-order valence-electron chi connectivity index (χ0n) is 11.4. The zero-order valence-corrected chi connectivity index (χ0v) is 11.4. The number of phenolic OH excluding ortho intramolecular Hbond substituents is 1. The Morgan fingerprint density at radius 2 is 1.83 bits per heavy atom. The van der Waals surface area contributed by atoms with Crippen LogP contribution < -0.4 is 4.74 Å². The fraction of sp³-hybridized carbons (Fsp3) is 0.625. The number of rotatable bonds is 2.